The molecule has 2 saturated heterocycles. The molecule has 2 aliphatic rings. The van der Waals surface area contributed by atoms with E-state index in [0.29, 0.717) is 0 Å². The van der Waals surface area contributed by atoms with Crippen molar-refractivity contribution in [3.8, 4) is 0 Å². The Hall–Kier alpha value is -0.840. The third kappa shape index (κ3) is 18.4. The van der Waals surface area contributed by atoms with Gasteiger partial charge in [0, 0.05) is 12.2 Å². The molecule has 2 atom stereocenters. The van der Waals surface area contributed by atoms with Gasteiger partial charge in [-0.3, -0.25) is 9.13 Å². The highest BCUT2D eigenvalue weighted by molar-refractivity contribution is 7.70. The number of hydrogen-bond acceptors (Lipinski definition) is 11. The SMILES string of the molecule is CC.CC.CCP(=O)(O)O[P+]1(O)OO1.Cc1ccccc1.O=P(O)(CCNc1ccccc1)O[P+]1(O)OO1. The summed E-state index contributed by atoms with van der Waals surface area (Å²) in [6, 6.07) is 19.5. The first-order valence-corrected chi connectivity index (χ1v) is 18.2. The highest BCUT2D eigenvalue weighted by Crippen LogP contribution is 2.80. The van der Waals surface area contributed by atoms with Crippen molar-refractivity contribution in [3.63, 3.8) is 0 Å². The van der Waals surface area contributed by atoms with Crippen LogP contribution in [0.1, 0.15) is 40.2 Å². The zero-order valence-corrected chi connectivity index (χ0v) is 25.8. The third-order valence-electron chi connectivity index (χ3n) is 3.70. The van der Waals surface area contributed by atoms with Gasteiger partial charge in [-0.1, -0.05) is 97.3 Å². The van der Waals surface area contributed by atoms with E-state index in [9.17, 15) is 14.0 Å². The minimum Gasteiger partial charge on any atom is -0.384 e. The average Bonchev–Trinajstić information content (AvgIpc) is 3.81. The lowest BCUT2D eigenvalue weighted by Gasteiger charge is -2.08. The molecule has 0 aliphatic carbocycles. The van der Waals surface area contributed by atoms with E-state index < -0.39 is 31.5 Å². The summed E-state index contributed by atoms with van der Waals surface area (Å²) in [5, 5.41) is 2.94. The molecule has 2 aliphatic heterocycles. The van der Waals surface area contributed by atoms with Crippen LogP contribution in [-0.4, -0.2) is 38.4 Å². The van der Waals surface area contributed by atoms with E-state index >= 15 is 0 Å². The summed E-state index contributed by atoms with van der Waals surface area (Å²) in [5.41, 5.74) is 2.16. The van der Waals surface area contributed by atoms with Gasteiger partial charge in [-0.05, 0) is 19.1 Å². The Morgan fingerprint density at radius 1 is 0.763 bits per heavy atom. The summed E-state index contributed by atoms with van der Waals surface area (Å²) >= 11 is 0. The Bertz CT molecular complexity index is 979. The molecule has 2 unspecified atom stereocenters. The van der Waals surface area contributed by atoms with Gasteiger partial charge in [-0.15, -0.1) is 0 Å². The Labute approximate surface area is 225 Å². The van der Waals surface area contributed by atoms with Gasteiger partial charge in [0.2, 0.25) is 0 Å². The number of para-hydroxylation sites is 1. The van der Waals surface area contributed by atoms with E-state index in [1.54, 1.807) is 0 Å². The van der Waals surface area contributed by atoms with Crippen LogP contribution >= 0.6 is 31.5 Å². The molecule has 0 spiro atoms. The van der Waals surface area contributed by atoms with E-state index in [1.165, 1.54) is 12.5 Å². The number of aryl methyl sites for hydroxylation is 1. The molecule has 0 bridgehead atoms. The predicted octanol–water partition coefficient (Wildman–Crippen LogP) is 6.82. The maximum atomic E-state index is 11.5. The van der Waals surface area contributed by atoms with E-state index in [-0.39, 0.29) is 18.9 Å². The Kier molecular flexibility index (Phi) is 18.1. The molecule has 17 heteroatoms. The fraction of sp³-hybridized carbons (Fsp3) is 0.429. The van der Waals surface area contributed by atoms with Crippen LogP contribution in [-0.2, 0) is 36.4 Å². The second kappa shape index (κ2) is 18.5. The fourth-order valence-electron chi connectivity index (χ4n) is 1.96. The lowest BCUT2D eigenvalue weighted by Crippen LogP contribution is -2.07. The fourth-order valence-corrected chi connectivity index (χ4v) is 6.62. The summed E-state index contributed by atoms with van der Waals surface area (Å²) < 4.78 is 46.9. The zero-order valence-electron chi connectivity index (χ0n) is 22.2. The van der Waals surface area contributed by atoms with Crippen molar-refractivity contribution in [3.05, 3.63) is 66.2 Å². The molecule has 38 heavy (non-hydrogen) atoms. The molecule has 0 amide bonds. The quantitative estimate of drug-likeness (QED) is 0.111. The molecule has 4 rings (SSSR count). The minimum absolute atomic E-state index is 0.0813. The van der Waals surface area contributed by atoms with Crippen LogP contribution in [0.4, 0.5) is 5.69 Å². The highest BCUT2D eigenvalue weighted by atomic mass is 31.3. The molecule has 5 N–H and O–H groups in total. The van der Waals surface area contributed by atoms with E-state index in [4.69, 9.17) is 14.7 Å². The normalized spacial score (nSPS) is 18.4. The summed E-state index contributed by atoms with van der Waals surface area (Å²) in [4.78, 5) is 35.9. The number of benzene rings is 2. The molecule has 0 aromatic heterocycles. The molecule has 2 fully saturated rings. The molecule has 0 saturated carbocycles. The van der Waals surface area contributed by atoms with Crippen LogP contribution in [0.25, 0.3) is 0 Å². The standard InChI is InChI=1S/C8H11NO6P2.C7H8.C2H6O6P2.2C2H6/c10-16(11,15-17(12)13-14-17)7-6-9-8-4-2-1-3-5-8;1-7-5-3-2-4-6-7;1-2-9(3,4)8-10(5)6-7-10;2*1-2/h1-5,9,12H,6-7H2;2-6H,1H3;5H,2H2,1H3;2*1-2H3/p+2. The second-order valence-electron chi connectivity index (χ2n) is 6.66. The van der Waals surface area contributed by atoms with Crippen molar-refractivity contribution < 1.29 is 56.0 Å². The predicted molar refractivity (Wildman–Crippen MR) is 149 cm³/mol. The Morgan fingerprint density at radius 2 is 1.16 bits per heavy atom. The largest absolute Gasteiger partial charge is 0.650 e. The molecule has 13 nitrogen and oxygen atoms in total. The average molecular weight is 621 g/mol. The lowest BCUT2D eigenvalue weighted by molar-refractivity contribution is 0.0850. The monoisotopic (exact) mass is 621 g/mol. The molecule has 2 aromatic rings. The van der Waals surface area contributed by atoms with Crippen molar-refractivity contribution in [1.82, 2.24) is 0 Å². The van der Waals surface area contributed by atoms with Gasteiger partial charge in [0.05, 0.1) is 31.0 Å². The molecular formula is C21H39NO12P4+2. The van der Waals surface area contributed by atoms with Crippen LogP contribution in [0, 0.1) is 6.92 Å². The van der Waals surface area contributed by atoms with Crippen LogP contribution in [0.3, 0.4) is 0 Å². The van der Waals surface area contributed by atoms with Crippen molar-refractivity contribution in [2.75, 3.05) is 24.2 Å². The van der Waals surface area contributed by atoms with E-state index in [1.807, 2.05) is 76.2 Å². The number of anilines is 1. The van der Waals surface area contributed by atoms with Crippen LogP contribution in [0.5, 0.6) is 0 Å². The molecule has 0 radical (unpaired) electrons. The Balaban J connectivity index is 0.000000553. The summed E-state index contributed by atoms with van der Waals surface area (Å²) in [5.74, 6) is 0. The van der Waals surface area contributed by atoms with Crippen LogP contribution < -0.4 is 5.32 Å². The zero-order chi connectivity index (χ0) is 29.3. The van der Waals surface area contributed by atoms with Gasteiger partial charge in [-0.2, -0.15) is 9.79 Å². The van der Waals surface area contributed by atoms with E-state index in [0.717, 1.165) is 5.69 Å². The molecular weight excluding hydrogens is 582 g/mol. The highest BCUT2D eigenvalue weighted by Gasteiger charge is 2.72. The Morgan fingerprint density at radius 3 is 1.50 bits per heavy atom. The second-order valence-corrected chi connectivity index (χ2v) is 14.1. The minimum atomic E-state index is -3.90. The molecule has 218 valence electrons. The third-order valence-corrected chi connectivity index (χ3v) is 9.79. The van der Waals surface area contributed by atoms with Gasteiger partial charge in [0.1, 0.15) is 0 Å². The van der Waals surface area contributed by atoms with Crippen LogP contribution in [0.2, 0.25) is 0 Å². The number of nitrogens with one attached hydrogen (secondary N) is 1. The van der Waals surface area contributed by atoms with E-state index in [2.05, 4.69) is 51.7 Å². The smallest absolute Gasteiger partial charge is 0.384 e. The van der Waals surface area contributed by atoms with Gasteiger partial charge < -0.3 is 15.1 Å². The van der Waals surface area contributed by atoms with Crippen molar-refractivity contribution >= 4 is 37.2 Å². The van der Waals surface area contributed by atoms with Gasteiger partial charge in [-0.25, -0.2) is 0 Å². The first-order valence-electron chi connectivity index (χ1n) is 11.7. The van der Waals surface area contributed by atoms with Gasteiger partial charge >= 0.3 is 31.5 Å². The van der Waals surface area contributed by atoms with Gasteiger partial charge in [0.25, 0.3) is 0 Å². The van der Waals surface area contributed by atoms with Crippen molar-refractivity contribution in [2.24, 2.45) is 0 Å². The lowest BCUT2D eigenvalue weighted by atomic mass is 10.2. The summed E-state index contributed by atoms with van der Waals surface area (Å²) in [7, 11) is -14.3. The number of hydrogen-bond donors (Lipinski definition) is 5. The van der Waals surface area contributed by atoms with Gasteiger partial charge in [0.15, 0.2) is 0 Å². The molecule has 2 aromatic carbocycles. The van der Waals surface area contributed by atoms with Crippen LogP contribution in [0.15, 0.2) is 60.7 Å². The maximum Gasteiger partial charge on any atom is 0.650 e. The summed E-state index contributed by atoms with van der Waals surface area (Å²) in [6.45, 7) is 11.8. The maximum absolute atomic E-state index is 11.5. The first kappa shape index (κ1) is 37.2. The number of rotatable bonds is 9. The summed E-state index contributed by atoms with van der Waals surface area (Å²) in [6.07, 6.45) is -0.237. The van der Waals surface area contributed by atoms with Crippen molar-refractivity contribution in [1.29, 1.82) is 0 Å². The molecule has 2 heterocycles. The first-order chi connectivity index (χ1) is 17.9. The van der Waals surface area contributed by atoms with Crippen molar-refractivity contribution in [2.45, 2.75) is 41.5 Å². The topological polar surface area (TPSA) is 196 Å².